The van der Waals surface area contributed by atoms with Crippen LogP contribution in [0.2, 0.25) is 0 Å². The highest BCUT2D eigenvalue weighted by molar-refractivity contribution is 5.68. The van der Waals surface area contributed by atoms with Gasteiger partial charge in [0.15, 0.2) is 0 Å². The average Bonchev–Trinajstić information content (AvgIpc) is 3.19. The molecule has 7 atom stereocenters. The van der Waals surface area contributed by atoms with Crippen molar-refractivity contribution in [1.29, 1.82) is 0 Å². The molecule has 0 aliphatic heterocycles. The van der Waals surface area contributed by atoms with Crippen LogP contribution in [0.1, 0.15) is 87.7 Å². The Labute approximate surface area is 299 Å². The lowest BCUT2D eigenvalue weighted by atomic mass is 9.55. The molecule has 1 aromatic carbocycles. The molecule has 0 spiro atoms. The van der Waals surface area contributed by atoms with E-state index in [1.165, 1.54) is 89.7 Å². The predicted octanol–water partition coefficient (Wildman–Crippen LogP) is 11.2. The maximum atomic E-state index is 2.66. The van der Waals surface area contributed by atoms with Gasteiger partial charge in [-0.3, -0.25) is 0 Å². The molecule has 50 heavy (non-hydrogen) atoms. The number of benzene rings is 1. The molecule has 0 fully saturated rings. The fourth-order valence-electron chi connectivity index (χ4n) is 11.3. The van der Waals surface area contributed by atoms with Gasteiger partial charge in [-0.25, -0.2) is 0 Å². The van der Waals surface area contributed by atoms with E-state index in [1.54, 1.807) is 22.3 Å². The molecule has 0 bridgehead atoms. The maximum Gasteiger partial charge on any atom is 0.0133 e. The molecule has 0 amide bonds. The summed E-state index contributed by atoms with van der Waals surface area (Å²) in [7, 11) is 0. The average molecular weight is 651 g/mol. The Morgan fingerprint density at radius 3 is 2.20 bits per heavy atom. The summed E-state index contributed by atoms with van der Waals surface area (Å²) < 4.78 is 0. The van der Waals surface area contributed by atoms with Gasteiger partial charge in [0.05, 0.1) is 0 Å². The van der Waals surface area contributed by atoms with E-state index in [4.69, 9.17) is 0 Å². The van der Waals surface area contributed by atoms with Gasteiger partial charge in [0.1, 0.15) is 0 Å². The van der Waals surface area contributed by atoms with Crippen molar-refractivity contribution in [2.24, 2.45) is 35.5 Å². The second-order valence-corrected chi connectivity index (χ2v) is 16.2. The number of rotatable bonds is 4. The summed E-state index contributed by atoms with van der Waals surface area (Å²) in [6, 6.07) is 4.93. The fourth-order valence-corrected chi connectivity index (χ4v) is 11.3. The van der Waals surface area contributed by atoms with E-state index >= 15 is 0 Å². The minimum atomic E-state index is 0.449. The summed E-state index contributed by atoms with van der Waals surface area (Å²) in [5.74, 6) is 4.23. The number of fused-ring (bicyclic) bond motifs is 6. The van der Waals surface area contributed by atoms with Crippen molar-refractivity contribution in [1.82, 2.24) is 0 Å². The molecule has 0 saturated heterocycles. The third-order valence-corrected chi connectivity index (χ3v) is 13.6. The lowest BCUT2D eigenvalue weighted by Crippen LogP contribution is -2.39. The Kier molecular flexibility index (Phi) is 7.89. The van der Waals surface area contributed by atoms with Crippen molar-refractivity contribution in [2.45, 2.75) is 76.5 Å². The van der Waals surface area contributed by atoms with Crippen LogP contribution in [0.25, 0.3) is 18.2 Å². The second-order valence-electron chi connectivity index (χ2n) is 16.2. The van der Waals surface area contributed by atoms with Crippen LogP contribution >= 0.6 is 0 Å². The fraction of sp³-hybridized carbons (Fsp3) is 0.360. The molecule has 10 rings (SSSR count). The van der Waals surface area contributed by atoms with Gasteiger partial charge in [0.2, 0.25) is 0 Å². The van der Waals surface area contributed by atoms with Crippen LogP contribution in [-0.4, -0.2) is 0 Å². The predicted molar refractivity (Wildman–Crippen MR) is 211 cm³/mol. The minimum Gasteiger partial charge on any atom is -0.0842 e. The van der Waals surface area contributed by atoms with Gasteiger partial charge in [-0.2, -0.15) is 0 Å². The molecule has 0 saturated carbocycles. The van der Waals surface area contributed by atoms with E-state index < -0.39 is 0 Å². The van der Waals surface area contributed by atoms with E-state index in [0.717, 1.165) is 25.2 Å². The third-order valence-electron chi connectivity index (χ3n) is 13.6. The van der Waals surface area contributed by atoms with Gasteiger partial charge in [-0.05, 0) is 161 Å². The van der Waals surface area contributed by atoms with Crippen molar-refractivity contribution in [2.75, 3.05) is 0 Å². The van der Waals surface area contributed by atoms with Crippen LogP contribution in [0.5, 0.6) is 0 Å². The summed E-state index contributed by atoms with van der Waals surface area (Å²) in [4.78, 5) is 0. The summed E-state index contributed by atoms with van der Waals surface area (Å²) in [6.45, 7) is 0. The zero-order valence-corrected chi connectivity index (χ0v) is 29.4. The molecule has 0 heterocycles. The SMILES string of the molecule is C1=CCC(C2=C3C=CCCC3C(C3C=CC(C4=CCC(C5=C6C=Cc7cc8c(cc7C6CC=C5)=CCCC=8)C=C4)=CC3)C3CCCC=C23)C=C1. The lowest BCUT2D eigenvalue weighted by Gasteiger charge is -2.49. The normalized spacial score (nSPS) is 33.3. The number of allylic oxidation sites excluding steroid dienone is 23. The molecule has 9 aliphatic carbocycles. The van der Waals surface area contributed by atoms with Crippen LogP contribution in [0, 0.1) is 35.5 Å². The van der Waals surface area contributed by atoms with Gasteiger partial charge >= 0.3 is 0 Å². The van der Waals surface area contributed by atoms with Crippen molar-refractivity contribution < 1.29 is 0 Å². The van der Waals surface area contributed by atoms with Crippen LogP contribution < -0.4 is 10.4 Å². The van der Waals surface area contributed by atoms with Crippen molar-refractivity contribution in [3.63, 3.8) is 0 Å². The summed E-state index contributed by atoms with van der Waals surface area (Å²) in [5, 5.41) is 2.86. The summed E-state index contributed by atoms with van der Waals surface area (Å²) >= 11 is 0. The molecule has 0 heteroatoms. The van der Waals surface area contributed by atoms with Gasteiger partial charge in [-0.15, -0.1) is 0 Å². The Bertz CT molecular complexity index is 2120. The Balaban J connectivity index is 0.881. The number of hydrogen-bond donors (Lipinski definition) is 0. The Hall–Kier alpha value is -4.16. The highest BCUT2D eigenvalue weighted by atomic mass is 14.5. The highest BCUT2D eigenvalue weighted by Gasteiger charge is 2.45. The molecule has 7 unspecified atom stereocenters. The van der Waals surface area contributed by atoms with E-state index in [9.17, 15) is 0 Å². The first-order valence-corrected chi connectivity index (χ1v) is 19.9. The first kappa shape index (κ1) is 30.6. The second kappa shape index (κ2) is 12.9. The van der Waals surface area contributed by atoms with E-state index in [1.807, 2.05) is 0 Å². The molecular weight excluding hydrogens is 601 g/mol. The molecule has 1 aromatic rings. The molecule has 0 aromatic heterocycles. The van der Waals surface area contributed by atoms with E-state index in [0.29, 0.717) is 35.5 Å². The maximum absolute atomic E-state index is 2.66. The zero-order chi connectivity index (χ0) is 33.0. The van der Waals surface area contributed by atoms with E-state index in [2.05, 4.69) is 128 Å². The largest absolute Gasteiger partial charge is 0.0842 e. The first-order valence-electron chi connectivity index (χ1n) is 19.9. The first-order chi connectivity index (χ1) is 24.8. The van der Waals surface area contributed by atoms with E-state index in [-0.39, 0.29) is 0 Å². The summed E-state index contributed by atoms with van der Waals surface area (Å²) in [5.41, 5.74) is 14.0. The van der Waals surface area contributed by atoms with Gasteiger partial charge in [0.25, 0.3) is 0 Å². The van der Waals surface area contributed by atoms with Crippen LogP contribution in [0.15, 0.2) is 148 Å². The summed E-state index contributed by atoms with van der Waals surface area (Å²) in [6.07, 6.45) is 60.2. The van der Waals surface area contributed by atoms with Crippen LogP contribution in [0.4, 0.5) is 0 Å². The third kappa shape index (κ3) is 5.25. The smallest absolute Gasteiger partial charge is 0.0133 e. The standard InChI is InChI=1S/C50H50/c1-2-11-36(12-3-1)49-44-15-6-8-17-46(44)50(47-18-9-7-16-45(47)49)37-27-23-34(24-28-37)33-21-25-35(26-22-33)41-19-10-20-42-43(41)30-29-40-31-38-13-4-5-14-39(38)32-48(40)42/h1-3,6,10-11,13-16,19,21-25,27,29-32,35-37,42,46-47,50H,4-5,7-9,12,17-18,20,26,28H2. The molecule has 0 N–H and O–H groups in total. The quantitative estimate of drug-likeness (QED) is 0.304. The topological polar surface area (TPSA) is 0 Å². The van der Waals surface area contributed by atoms with Crippen LogP contribution in [-0.2, 0) is 0 Å². The van der Waals surface area contributed by atoms with Crippen molar-refractivity contribution in [3.8, 4) is 0 Å². The molecule has 9 aliphatic rings. The van der Waals surface area contributed by atoms with Gasteiger partial charge < -0.3 is 0 Å². The van der Waals surface area contributed by atoms with Gasteiger partial charge in [-0.1, -0.05) is 122 Å². The number of hydrogen-bond acceptors (Lipinski definition) is 0. The van der Waals surface area contributed by atoms with Crippen molar-refractivity contribution in [3.05, 3.63) is 170 Å². The zero-order valence-electron chi connectivity index (χ0n) is 29.4. The van der Waals surface area contributed by atoms with Crippen LogP contribution in [0.3, 0.4) is 0 Å². The van der Waals surface area contributed by atoms with Gasteiger partial charge in [0, 0.05) is 17.8 Å². The van der Waals surface area contributed by atoms with Crippen molar-refractivity contribution >= 4 is 18.2 Å². The molecule has 0 nitrogen and oxygen atoms in total. The molecule has 250 valence electrons. The Morgan fingerprint density at radius 2 is 1.38 bits per heavy atom. The monoisotopic (exact) mass is 650 g/mol. The highest BCUT2D eigenvalue weighted by Crippen LogP contribution is 2.56. The molecule has 0 radical (unpaired) electrons. The Morgan fingerprint density at radius 1 is 0.520 bits per heavy atom. The minimum absolute atomic E-state index is 0.449. The lowest BCUT2D eigenvalue weighted by molar-refractivity contribution is 0.180. The molecular formula is C50H50.